The van der Waals surface area contributed by atoms with Crippen molar-refractivity contribution in [1.82, 2.24) is 14.8 Å². The van der Waals surface area contributed by atoms with E-state index in [1.807, 2.05) is 12.1 Å². The highest BCUT2D eigenvalue weighted by Gasteiger charge is 2.25. The van der Waals surface area contributed by atoms with Gasteiger partial charge in [-0.05, 0) is 40.2 Å². The summed E-state index contributed by atoms with van der Waals surface area (Å²) >= 11 is 0. The summed E-state index contributed by atoms with van der Waals surface area (Å²) in [5.41, 5.74) is 2.34. The Bertz CT molecular complexity index is 797. The molecule has 0 unspecified atom stereocenters. The third kappa shape index (κ3) is 2.90. The van der Waals surface area contributed by atoms with Gasteiger partial charge in [0.15, 0.2) is 6.54 Å². The van der Waals surface area contributed by atoms with Gasteiger partial charge in [0.1, 0.15) is 11.4 Å². The number of pyridine rings is 1. The van der Waals surface area contributed by atoms with E-state index in [-0.39, 0.29) is 12.4 Å². The van der Waals surface area contributed by atoms with Crippen LogP contribution < -0.4 is 0 Å². The SMILES string of the molecule is Cn1cc(-c2ccncc2)c([N+](=O)Cc2ccc(F)cc2)n1. The molecule has 0 bridgehead atoms. The maximum atomic E-state index is 12.9. The minimum Gasteiger partial charge on any atom is -0.265 e. The maximum absolute atomic E-state index is 12.9. The first kappa shape index (κ1) is 14.1. The lowest BCUT2D eigenvalue weighted by molar-refractivity contribution is -0.483. The number of nitroso groups, excluding NO2 is 1. The molecule has 22 heavy (non-hydrogen) atoms. The minimum atomic E-state index is -0.323. The summed E-state index contributed by atoms with van der Waals surface area (Å²) in [7, 11) is 1.76. The number of benzene rings is 1. The Morgan fingerprint density at radius 1 is 1.14 bits per heavy atom. The summed E-state index contributed by atoms with van der Waals surface area (Å²) in [4.78, 5) is 16.4. The Balaban J connectivity index is 1.91. The molecule has 0 atom stereocenters. The largest absolute Gasteiger partial charge is 0.395 e. The molecule has 5 nitrogen and oxygen atoms in total. The van der Waals surface area contributed by atoms with Crippen molar-refractivity contribution in [3.05, 3.63) is 71.3 Å². The van der Waals surface area contributed by atoms with Crippen LogP contribution in [-0.2, 0) is 13.6 Å². The van der Waals surface area contributed by atoms with E-state index >= 15 is 0 Å². The van der Waals surface area contributed by atoms with Gasteiger partial charge in [-0.1, -0.05) is 17.0 Å². The quantitative estimate of drug-likeness (QED) is 0.695. The first-order valence-electron chi connectivity index (χ1n) is 6.76. The number of hydrogen-bond donors (Lipinski definition) is 0. The molecule has 0 fully saturated rings. The van der Waals surface area contributed by atoms with Gasteiger partial charge in [-0.15, -0.1) is 0 Å². The van der Waals surface area contributed by atoms with Crippen molar-refractivity contribution in [1.29, 1.82) is 0 Å². The highest BCUT2D eigenvalue weighted by atomic mass is 19.1. The molecule has 0 spiro atoms. The minimum absolute atomic E-state index is 0.107. The van der Waals surface area contributed by atoms with Gasteiger partial charge in [0.25, 0.3) is 0 Å². The van der Waals surface area contributed by atoms with Gasteiger partial charge < -0.3 is 0 Å². The molecule has 0 N–H and O–H groups in total. The smallest absolute Gasteiger partial charge is 0.265 e. The van der Waals surface area contributed by atoms with Crippen LogP contribution in [-0.4, -0.2) is 19.5 Å². The molecule has 2 heterocycles. The van der Waals surface area contributed by atoms with Crippen molar-refractivity contribution in [2.75, 3.05) is 0 Å². The molecule has 1 aromatic carbocycles. The number of nitrogens with zero attached hydrogens (tertiary/aromatic N) is 4. The molecule has 3 rings (SSSR count). The predicted octanol–water partition coefficient (Wildman–Crippen LogP) is 3.23. The Hall–Kier alpha value is -2.89. The molecule has 0 radical (unpaired) electrons. The molecule has 110 valence electrons. The average Bonchev–Trinajstić information content (AvgIpc) is 2.92. The maximum Gasteiger partial charge on any atom is 0.395 e. The van der Waals surface area contributed by atoms with Crippen molar-refractivity contribution in [3.8, 4) is 11.1 Å². The van der Waals surface area contributed by atoms with Crippen molar-refractivity contribution >= 4 is 5.82 Å². The van der Waals surface area contributed by atoms with E-state index in [2.05, 4.69) is 10.1 Å². The van der Waals surface area contributed by atoms with E-state index in [0.717, 1.165) is 21.5 Å². The molecule has 2 aromatic heterocycles. The average molecular weight is 297 g/mol. The lowest BCUT2D eigenvalue weighted by Gasteiger charge is -1.98. The van der Waals surface area contributed by atoms with Gasteiger partial charge in [0, 0.05) is 12.4 Å². The van der Waals surface area contributed by atoms with E-state index < -0.39 is 0 Å². The fraction of sp³-hybridized carbons (Fsp3) is 0.125. The zero-order valence-electron chi connectivity index (χ0n) is 12.0. The van der Waals surface area contributed by atoms with Gasteiger partial charge in [-0.3, -0.25) is 4.98 Å². The van der Waals surface area contributed by atoms with Gasteiger partial charge in [0.05, 0.1) is 18.3 Å². The van der Waals surface area contributed by atoms with Crippen LogP contribution in [0.4, 0.5) is 10.2 Å². The second-order valence-electron chi connectivity index (χ2n) is 4.94. The summed E-state index contributed by atoms with van der Waals surface area (Å²) in [5, 5.41) is 4.24. The predicted molar refractivity (Wildman–Crippen MR) is 79.8 cm³/mol. The van der Waals surface area contributed by atoms with Crippen molar-refractivity contribution in [3.63, 3.8) is 0 Å². The molecule has 0 saturated carbocycles. The Morgan fingerprint density at radius 3 is 2.50 bits per heavy atom. The fourth-order valence-corrected chi connectivity index (χ4v) is 2.23. The van der Waals surface area contributed by atoms with E-state index in [0.29, 0.717) is 5.82 Å². The van der Waals surface area contributed by atoms with Crippen LogP contribution in [0, 0.1) is 10.7 Å². The number of aryl methyl sites for hydroxylation is 1. The van der Waals surface area contributed by atoms with Gasteiger partial charge in [0.2, 0.25) is 0 Å². The lowest BCUT2D eigenvalue weighted by Crippen LogP contribution is -2.03. The highest BCUT2D eigenvalue weighted by molar-refractivity contribution is 5.70. The highest BCUT2D eigenvalue weighted by Crippen LogP contribution is 2.28. The van der Waals surface area contributed by atoms with Gasteiger partial charge in [-0.2, -0.15) is 4.68 Å². The molecule has 0 amide bonds. The van der Waals surface area contributed by atoms with Crippen molar-refractivity contribution in [2.45, 2.75) is 6.54 Å². The standard InChI is InChI=1S/C16H14FN4O/c1-20-11-15(13-6-8-18-9-7-13)16(19-20)21(22)10-12-2-4-14(17)5-3-12/h2-9,11H,10H2,1H3/q+1. The first-order valence-corrected chi connectivity index (χ1v) is 6.76. The third-order valence-electron chi connectivity index (χ3n) is 3.28. The molecule has 0 saturated heterocycles. The second kappa shape index (κ2) is 5.85. The van der Waals surface area contributed by atoms with E-state index in [9.17, 15) is 9.30 Å². The zero-order chi connectivity index (χ0) is 15.5. The molecule has 0 aliphatic heterocycles. The zero-order valence-corrected chi connectivity index (χ0v) is 12.0. The van der Waals surface area contributed by atoms with Crippen LogP contribution in [0.15, 0.2) is 55.0 Å². The summed E-state index contributed by atoms with van der Waals surface area (Å²) < 4.78 is 15.3. The molecule has 6 heteroatoms. The molecule has 0 aliphatic carbocycles. The Labute approximate surface area is 126 Å². The van der Waals surface area contributed by atoms with E-state index in [4.69, 9.17) is 0 Å². The third-order valence-corrected chi connectivity index (χ3v) is 3.28. The van der Waals surface area contributed by atoms with Gasteiger partial charge in [-0.25, -0.2) is 4.39 Å². The summed E-state index contributed by atoms with van der Waals surface area (Å²) in [6.07, 6.45) is 5.13. The van der Waals surface area contributed by atoms with E-state index in [1.54, 1.807) is 42.5 Å². The van der Waals surface area contributed by atoms with Crippen LogP contribution in [0.25, 0.3) is 11.1 Å². The molecular weight excluding hydrogens is 283 g/mol. The molecule has 0 aliphatic rings. The van der Waals surface area contributed by atoms with E-state index in [1.165, 1.54) is 12.1 Å². The van der Waals surface area contributed by atoms with Crippen molar-refractivity contribution < 1.29 is 9.15 Å². The Kier molecular flexibility index (Phi) is 3.74. The number of halogens is 1. The first-order chi connectivity index (χ1) is 10.6. The summed E-state index contributed by atoms with van der Waals surface area (Å²) in [6, 6.07) is 9.51. The second-order valence-corrected chi connectivity index (χ2v) is 4.94. The number of hydrogen-bond acceptors (Lipinski definition) is 3. The van der Waals surface area contributed by atoms with Crippen LogP contribution >= 0.6 is 0 Å². The van der Waals surface area contributed by atoms with Crippen LogP contribution in [0.1, 0.15) is 5.56 Å². The van der Waals surface area contributed by atoms with Crippen molar-refractivity contribution in [2.24, 2.45) is 7.05 Å². The van der Waals surface area contributed by atoms with Crippen LogP contribution in [0.2, 0.25) is 0 Å². The molecular formula is C16H14FN4O+. The summed E-state index contributed by atoms with van der Waals surface area (Å²) in [5.74, 6) is 0.00883. The monoisotopic (exact) mass is 297 g/mol. The normalized spacial score (nSPS) is 10.6. The number of rotatable bonds is 4. The fourth-order valence-electron chi connectivity index (χ4n) is 2.23. The lowest BCUT2D eigenvalue weighted by atomic mass is 10.1. The van der Waals surface area contributed by atoms with Crippen LogP contribution in [0.3, 0.4) is 0 Å². The van der Waals surface area contributed by atoms with Crippen LogP contribution in [0.5, 0.6) is 0 Å². The summed E-state index contributed by atoms with van der Waals surface area (Å²) in [6.45, 7) is 0.107. The van der Waals surface area contributed by atoms with Gasteiger partial charge >= 0.3 is 5.82 Å². The Morgan fingerprint density at radius 2 is 1.82 bits per heavy atom. The topological polar surface area (TPSA) is 50.8 Å². The molecule has 3 aromatic rings. The number of aromatic nitrogens is 3.